The number of nitrogens with zero attached hydrogens (tertiary/aromatic N) is 2. The van der Waals surface area contributed by atoms with E-state index in [0.29, 0.717) is 6.42 Å². The Morgan fingerprint density at radius 3 is 2.26 bits per heavy atom. The van der Waals surface area contributed by atoms with Gasteiger partial charge in [0.1, 0.15) is 12.2 Å². The van der Waals surface area contributed by atoms with E-state index in [-0.39, 0.29) is 25.0 Å². The maximum Gasteiger partial charge on any atom is 0.359 e. The average Bonchev–Trinajstić information content (AvgIpc) is 2.71. The van der Waals surface area contributed by atoms with Gasteiger partial charge in [0.15, 0.2) is 5.34 Å². The van der Waals surface area contributed by atoms with Gasteiger partial charge in [-0.05, 0) is 26.7 Å². The molecule has 0 aliphatic heterocycles. The number of hydrogen-bond donors (Lipinski definition) is 4. The SMILES string of the molecule is CCC(C)(CCO[C@@H](c1cn(C)c(=O)n(C)c1=O)[C@H](O)CO)OP(=O)(O)[C@@](C)(O)CC. The summed E-state index contributed by atoms with van der Waals surface area (Å²) in [5, 5.41) is 27.9. The second kappa shape index (κ2) is 10.5. The van der Waals surface area contributed by atoms with Gasteiger partial charge in [0.2, 0.25) is 0 Å². The molecule has 0 fully saturated rings. The molecule has 0 bridgehead atoms. The highest BCUT2D eigenvalue weighted by atomic mass is 31.2. The van der Waals surface area contributed by atoms with Crippen LogP contribution in [-0.4, -0.2) is 59.6 Å². The van der Waals surface area contributed by atoms with Crippen molar-refractivity contribution in [3.05, 3.63) is 32.6 Å². The fourth-order valence-electron chi connectivity index (χ4n) is 2.82. The highest BCUT2D eigenvalue weighted by Crippen LogP contribution is 2.58. The van der Waals surface area contributed by atoms with Crippen LogP contribution in [0, 0.1) is 0 Å². The molecule has 0 radical (unpaired) electrons. The van der Waals surface area contributed by atoms with Crippen LogP contribution in [0.4, 0.5) is 0 Å². The second-order valence-electron chi connectivity index (χ2n) is 8.12. The Balaban J connectivity index is 3.09. The van der Waals surface area contributed by atoms with E-state index in [4.69, 9.17) is 9.26 Å². The number of ether oxygens (including phenoxy) is 1. The minimum atomic E-state index is -4.39. The molecule has 1 aromatic heterocycles. The van der Waals surface area contributed by atoms with Crippen LogP contribution in [0.5, 0.6) is 0 Å². The maximum absolute atomic E-state index is 12.6. The van der Waals surface area contributed by atoms with Crippen molar-refractivity contribution in [3.63, 3.8) is 0 Å². The van der Waals surface area contributed by atoms with E-state index in [1.165, 1.54) is 27.2 Å². The standard InChI is InChI=1S/C19H35N2O9P/c1-7-18(3,30-31(27,28)19(4,26)8-2)9-10-29-15(14(23)12-22)13-11-20(5)17(25)21(6)16(13)24/h11,14-15,22-23,26H,7-10,12H2,1-6H3,(H,27,28)/t14-,15+,18?,19-/m1/s1. The van der Waals surface area contributed by atoms with Crippen molar-refractivity contribution in [1.29, 1.82) is 0 Å². The molecule has 11 nitrogen and oxygen atoms in total. The van der Waals surface area contributed by atoms with E-state index < -0.39 is 48.6 Å². The summed E-state index contributed by atoms with van der Waals surface area (Å²) in [7, 11) is -1.66. The molecule has 0 aliphatic rings. The van der Waals surface area contributed by atoms with Gasteiger partial charge in [-0.2, -0.15) is 0 Å². The Morgan fingerprint density at radius 1 is 1.19 bits per heavy atom. The quantitative estimate of drug-likeness (QED) is 0.319. The van der Waals surface area contributed by atoms with Crippen LogP contribution in [0.25, 0.3) is 0 Å². The van der Waals surface area contributed by atoms with Crippen molar-refractivity contribution < 1.29 is 34.0 Å². The van der Waals surface area contributed by atoms with Gasteiger partial charge in [0.05, 0.1) is 24.4 Å². The lowest BCUT2D eigenvalue weighted by Gasteiger charge is -2.36. The van der Waals surface area contributed by atoms with Crippen LogP contribution in [0.2, 0.25) is 0 Å². The number of hydrogen-bond acceptors (Lipinski definition) is 8. The van der Waals surface area contributed by atoms with Gasteiger partial charge >= 0.3 is 13.3 Å². The molecule has 0 aromatic carbocycles. The molecular formula is C19H35N2O9P. The van der Waals surface area contributed by atoms with E-state index in [2.05, 4.69) is 0 Å². The molecule has 5 atom stereocenters. The number of rotatable bonds is 12. The third-order valence-electron chi connectivity index (χ3n) is 5.61. The van der Waals surface area contributed by atoms with Crippen molar-refractivity contribution in [2.75, 3.05) is 13.2 Å². The summed E-state index contributed by atoms with van der Waals surface area (Å²) in [6.07, 6.45) is -1.02. The Morgan fingerprint density at radius 2 is 1.77 bits per heavy atom. The van der Waals surface area contributed by atoms with Crippen molar-refractivity contribution in [3.8, 4) is 0 Å². The first-order valence-corrected chi connectivity index (χ1v) is 11.7. The number of aliphatic hydroxyl groups is 3. The molecule has 180 valence electrons. The van der Waals surface area contributed by atoms with E-state index in [1.54, 1.807) is 20.8 Å². The summed E-state index contributed by atoms with van der Waals surface area (Å²) < 4.78 is 25.7. The van der Waals surface area contributed by atoms with Crippen LogP contribution in [0.1, 0.15) is 58.6 Å². The smallest absolute Gasteiger partial charge is 0.359 e. The predicted molar refractivity (Wildman–Crippen MR) is 114 cm³/mol. The fraction of sp³-hybridized carbons (Fsp3) is 0.789. The van der Waals surface area contributed by atoms with Gasteiger partial charge in [-0.15, -0.1) is 0 Å². The minimum absolute atomic E-state index is 0.0118. The monoisotopic (exact) mass is 466 g/mol. The first-order valence-electron chi connectivity index (χ1n) is 10.1. The molecule has 31 heavy (non-hydrogen) atoms. The van der Waals surface area contributed by atoms with Crippen molar-refractivity contribution in [2.24, 2.45) is 14.1 Å². The van der Waals surface area contributed by atoms with Gasteiger partial charge in [0, 0.05) is 26.7 Å². The Bertz CT molecular complexity index is 911. The zero-order chi connectivity index (χ0) is 24.2. The summed E-state index contributed by atoms with van der Waals surface area (Å²) in [4.78, 5) is 34.7. The van der Waals surface area contributed by atoms with Crippen LogP contribution >= 0.6 is 7.60 Å². The Hall–Kier alpha value is -1.33. The number of aromatic nitrogens is 2. The molecule has 0 aliphatic carbocycles. The predicted octanol–water partition coefficient (Wildman–Crippen LogP) is 0.374. The van der Waals surface area contributed by atoms with Crippen molar-refractivity contribution in [2.45, 2.75) is 70.1 Å². The van der Waals surface area contributed by atoms with E-state index in [1.807, 2.05) is 0 Å². The summed E-state index contributed by atoms with van der Waals surface area (Å²) in [5.41, 5.74) is -2.40. The lowest BCUT2D eigenvalue weighted by molar-refractivity contribution is -0.0763. The second-order valence-corrected chi connectivity index (χ2v) is 10.3. The summed E-state index contributed by atoms with van der Waals surface area (Å²) >= 11 is 0. The normalized spacial score (nSPS) is 19.8. The Kier molecular flexibility index (Phi) is 9.41. The van der Waals surface area contributed by atoms with Gasteiger partial charge in [-0.1, -0.05) is 13.8 Å². The Labute approximate surface area is 181 Å². The highest BCUT2D eigenvalue weighted by molar-refractivity contribution is 7.54. The molecule has 1 heterocycles. The summed E-state index contributed by atoms with van der Waals surface area (Å²) in [6.45, 7) is 5.32. The van der Waals surface area contributed by atoms with Crippen molar-refractivity contribution >= 4 is 7.60 Å². The third-order valence-corrected chi connectivity index (χ3v) is 7.84. The molecule has 0 amide bonds. The van der Waals surface area contributed by atoms with Crippen LogP contribution in [-0.2, 0) is 27.9 Å². The fourth-order valence-corrected chi connectivity index (χ4v) is 4.23. The van der Waals surface area contributed by atoms with Crippen LogP contribution < -0.4 is 11.2 Å². The minimum Gasteiger partial charge on any atom is -0.394 e. The summed E-state index contributed by atoms with van der Waals surface area (Å²) in [6, 6.07) is 0. The van der Waals surface area contributed by atoms with Crippen LogP contribution in [0.15, 0.2) is 15.8 Å². The van der Waals surface area contributed by atoms with Crippen molar-refractivity contribution in [1.82, 2.24) is 9.13 Å². The number of aliphatic hydroxyl groups excluding tert-OH is 2. The van der Waals surface area contributed by atoms with E-state index in [0.717, 1.165) is 9.13 Å². The molecule has 4 N–H and O–H groups in total. The third kappa shape index (κ3) is 6.35. The highest BCUT2D eigenvalue weighted by Gasteiger charge is 2.46. The van der Waals surface area contributed by atoms with Gasteiger partial charge < -0.3 is 34.0 Å². The first-order chi connectivity index (χ1) is 14.2. The molecule has 0 saturated heterocycles. The van der Waals surface area contributed by atoms with Crippen LogP contribution in [0.3, 0.4) is 0 Å². The zero-order valence-corrected chi connectivity index (χ0v) is 19.8. The van der Waals surface area contributed by atoms with E-state index in [9.17, 15) is 34.4 Å². The average molecular weight is 466 g/mol. The maximum atomic E-state index is 12.6. The zero-order valence-electron chi connectivity index (χ0n) is 18.9. The lowest BCUT2D eigenvalue weighted by atomic mass is 10.00. The lowest BCUT2D eigenvalue weighted by Crippen LogP contribution is -2.41. The van der Waals surface area contributed by atoms with E-state index >= 15 is 0 Å². The molecule has 2 unspecified atom stereocenters. The molecule has 12 heteroatoms. The van der Waals surface area contributed by atoms with Gasteiger partial charge in [0.25, 0.3) is 5.56 Å². The topological polar surface area (TPSA) is 160 Å². The van der Waals surface area contributed by atoms with Gasteiger partial charge in [-0.25, -0.2) is 4.79 Å². The first kappa shape index (κ1) is 27.7. The van der Waals surface area contributed by atoms with Gasteiger partial charge in [-0.3, -0.25) is 13.9 Å². The summed E-state index contributed by atoms with van der Waals surface area (Å²) in [5.74, 6) is 0. The molecule has 1 aromatic rings. The number of aryl methyl sites for hydroxylation is 1. The molecule has 1 rings (SSSR count). The molecule has 0 saturated carbocycles. The molecule has 0 spiro atoms. The largest absolute Gasteiger partial charge is 0.394 e. The molecular weight excluding hydrogens is 431 g/mol.